The first-order valence-corrected chi connectivity index (χ1v) is 6.34. The second-order valence-electron chi connectivity index (χ2n) is 5.24. The van der Waals surface area contributed by atoms with Crippen molar-refractivity contribution in [2.24, 2.45) is 0 Å². The van der Waals surface area contributed by atoms with Crippen molar-refractivity contribution in [3.8, 4) is 0 Å². The Morgan fingerprint density at radius 3 is 2.06 bits per heavy atom. The molecule has 0 fully saturated rings. The molecule has 4 heteroatoms. The number of hydrogen-bond donors (Lipinski definition) is 2. The van der Waals surface area contributed by atoms with E-state index in [9.17, 15) is 4.79 Å². The lowest BCUT2D eigenvalue weighted by Gasteiger charge is -2.22. The van der Waals surface area contributed by atoms with Crippen LogP contribution < -0.4 is 10.6 Å². The van der Waals surface area contributed by atoms with Gasteiger partial charge in [0.15, 0.2) is 0 Å². The van der Waals surface area contributed by atoms with E-state index in [1.807, 2.05) is 46.8 Å². The highest BCUT2D eigenvalue weighted by molar-refractivity contribution is 9.10. The van der Waals surface area contributed by atoms with Crippen molar-refractivity contribution < 1.29 is 4.79 Å². The first kappa shape index (κ1) is 14.0. The van der Waals surface area contributed by atoms with Crippen molar-refractivity contribution in [3.05, 3.63) is 27.7 Å². The van der Waals surface area contributed by atoms with E-state index in [4.69, 9.17) is 0 Å². The monoisotopic (exact) mass is 298 g/mol. The van der Waals surface area contributed by atoms with Gasteiger partial charge in [0.2, 0.25) is 0 Å². The highest BCUT2D eigenvalue weighted by Gasteiger charge is 2.15. The van der Waals surface area contributed by atoms with Gasteiger partial charge in [0.05, 0.1) is 0 Å². The predicted molar refractivity (Wildman–Crippen MR) is 75.5 cm³/mol. The Morgan fingerprint density at radius 1 is 1.18 bits per heavy atom. The van der Waals surface area contributed by atoms with Gasteiger partial charge in [0.1, 0.15) is 0 Å². The minimum atomic E-state index is -0.235. The van der Waals surface area contributed by atoms with E-state index in [-0.39, 0.29) is 11.6 Å². The van der Waals surface area contributed by atoms with Gasteiger partial charge in [-0.1, -0.05) is 15.9 Å². The van der Waals surface area contributed by atoms with Crippen LogP contribution >= 0.6 is 15.9 Å². The van der Waals surface area contributed by atoms with Gasteiger partial charge >= 0.3 is 6.03 Å². The predicted octanol–water partition coefficient (Wildman–Crippen LogP) is 3.99. The van der Waals surface area contributed by atoms with Gasteiger partial charge in [-0.2, -0.15) is 0 Å². The number of urea groups is 1. The van der Waals surface area contributed by atoms with Crippen LogP contribution in [0.2, 0.25) is 0 Å². The summed E-state index contributed by atoms with van der Waals surface area (Å²) < 4.78 is 1.02. The van der Waals surface area contributed by atoms with E-state index in [1.54, 1.807) is 0 Å². The summed E-state index contributed by atoms with van der Waals surface area (Å²) >= 11 is 3.43. The maximum absolute atomic E-state index is 11.8. The Hall–Kier alpha value is -1.03. The number of rotatable bonds is 1. The third kappa shape index (κ3) is 4.38. The lowest BCUT2D eigenvalue weighted by molar-refractivity contribution is 0.244. The molecule has 1 rings (SSSR count). The number of carbonyl (C=O) groups is 1. The van der Waals surface area contributed by atoms with Gasteiger partial charge < -0.3 is 10.6 Å². The molecule has 17 heavy (non-hydrogen) atoms. The highest BCUT2D eigenvalue weighted by atomic mass is 79.9. The molecule has 3 nitrogen and oxygen atoms in total. The molecular weight excluding hydrogens is 280 g/mol. The molecule has 1 aromatic carbocycles. The maximum Gasteiger partial charge on any atom is 0.319 e. The molecule has 0 saturated carbocycles. The fourth-order valence-corrected chi connectivity index (χ4v) is 2.28. The topological polar surface area (TPSA) is 41.1 Å². The van der Waals surface area contributed by atoms with Crippen LogP contribution in [-0.2, 0) is 0 Å². The SMILES string of the molecule is Cc1cc(Br)cc(C)c1NC(=O)NC(C)(C)C. The molecule has 2 N–H and O–H groups in total. The Bertz CT molecular complexity index is 413. The summed E-state index contributed by atoms with van der Waals surface area (Å²) in [6, 6.07) is 3.80. The number of aryl methyl sites for hydroxylation is 2. The van der Waals surface area contributed by atoms with Gasteiger partial charge in [-0.3, -0.25) is 0 Å². The fourth-order valence-electron chi connectivity index (χ4n) is 1.59. The molecule has 0 radical (unpaired) electrons. The molecule has 0 unspecified atom stereocenters. The van der Waals surface area contributed by atoms with Gasteiger partial charge in [0, 0.05) is 15.7 Å². The smallest absolute Gasteiger partial charge is 0.319 e. The van der Waals surface area contributed by atoms with E-state index >= 15 is 0 Å². The quantitative estimate of drug-likeness (QED) is 0.809. The van der Waals surface area contributed by atoms with Crippen LogP contribution in [0.3, 0.4) is 0 Å². The van der Waals surface area contributed by atoms with Crippen molar-refractivity contribution in [2.45, 2.75) is 40.2 Å². The molecule has 0 aromatic heterocycles. The molecule has 0 atom stereocenters. The van der Waals surface area contributed by atoms with E-state index in [0.29, 0.717) is 0 Å². The van der Waals surface area contributed by atoms with Crippen molar-refractivity contribution >= 4 is 27.6 Å². The largest absolute Gasteiger partial charge is 0.333 e. The zero-order valence-corrected chi connectivity index (χ0v) is 12.5. The lowest BCUT2D eigenvalue weighted by atomic mass is 10.1. The van der Waals surface area contributed by atoms with E-state index in [2.05, 4.69) is 26.6 Å². The number of carbonyl (C=O) groups excluding carboxylic acids is 1. The fraction of sp³-hybridized carbons (Fsp3) is 0.462. The standard InChI is InChI=1S/C13H19BrN2O/c1-8-6-10(14)7-9(2)11(8)15-12(17)16-13(3,4)5/h6-7H,1-5H3,(H2,15,16,17). The average Bonchev–Trinajstić information content (AvgIpc) is 2.08. The van der Waals surface area contributed by atoms with E-state index < -0.39 is 0 Å². The lowest BCUT2D eigenvalue weighted by Crippen LogP contribution is -2.43. The average molecular weight is 299 g/mol. The van der Waals surface area contributed by atoms with Gasteiger partial charge in [-0.05, 0) is 57.9 Å². The number of benzene rings is 1. The zero-order valence-electron chi connectivity index (χ0n) is 10.9. The van der Waals surface area contributed by atoms with Crippen LogP contribution in [0.5, 0.6) is 0 Å². The van der Waals surface area contributed by atoms with Crippen molar-refractivity contribution in [1.82, 2.24) is 5.32 Å². The molecule has 0 aliphatic rings. The number of nitrogens with one attached hydrogen (secondary N) is 2. The Labute approximate surface area is 111 Å². The number of hydrogen-bond acceptors (Lipinski definition) is 1. The molecule has 0 heterocycles. The van der Waals surface area contributed by atoms with E-state index in [1.165, 1.54) is 0 Å². The third-order valence-electron chi connectivity index (χ3n) is 2.22. The summed E-state index contributed by atoms with van der Waals surface area (Å²) in [6.07, 6.45) is 0. The van der Waals surface area contributed by atoms with Crippen LogP contribution in [0.1, 0.15) is 31.9 Å². The molecule has 94 valence electrons. The van der Waals surface area contributed by atoms with Gasteiger partial charge in [0.25, 0.3) is 0 Å². The maximum atomic E-state index is 11.8. The molecule has 0 aliphatic heterocycles. The van der Waals surface area contributed by atoms with Crippen LogP contribution in [0.15, 0.2) is 16.6 Å². The summed E-state index contributed by atoms with van der Waals surface area (Å²) in [6.45, 7) is 9.81. The Balaban J connectivity index is 2.86. The van der Waals surface area contributed by atoms with Crippen LogP contribution in [0.4, 0.5) is 10.5 Å². The first-order valence-electron chi connectivity index (χ1n) is 5.55. The van der Waals surface area contributed by atoms with Crippen LogP contribution in [0, 0.1) is 13.8 Å². The van der Waals surface area contributed by atoms with Gasteiger partial charge in [-0.15, -0.1) is 0 Å². The molecule has 1 aromatic rings. The second kappa shape index (κ2) is 5.08. The minimum absolute atomic E-state index is 0.175. The van der Waals surface area contributed by atoms with Crippen LogP contribution in [-0.4, -0.2) is 11.6 Å². The molecule has 0 aliphatic carbocycles. The normalized spacial score (nSPS) is 11.2. The molecule has 0 spiro atoms. The summed E-state index contributed by atoms with van der Waals surface area (Å²) in [5.41, 5.74) is 2.72. The highest BCUT2D eigenvalue weighted by Crippen LogP contribution is 2.25. The van der Waals surface area contributed by atoms with Gasteiger partial charge in [-0.25, -0.2) is 4.79 Å². The summed E-state index contributed by atoms with van der Waals surface area (Å²) in [5.74, 6) is 0. The molecule has 0 saturated heterocycles. The molecule has 0 bridgehead atoms. The third-order valence-corrected chi connectivity index (χ3v) is 2.68. The second-order valence-corrected chi connectivity index (χ2v) is 6.16. The zero-order chi connectivity index (χ0) is 13.2. The number of anilines is 1. The van der Waals surface area contributed by atoms with Crippen molar-refractivity contribution in [3.63, 3.8) is 0 Å². The Morgan fingerprint density at radius 2 is 1.65 bits per heavy atom. The van der Waals surface area contributed by atoms with Crippen molar-refractivity contribution in [1.29, 1.82) is 0 Å². The van der Waals surface area contributed by atoms with Crippen molar-refractivity contribution in [2.75, 3.05) is 5.32 Å². The minimum Gasteiger partial charge on any atom is -0.333 e. The summed E-state index contributed by atoms with van der Waals surface area (Å²) in [4.78, 5) is 11.8. The molecule has 2 amide bonds. The summed E-state index contributed by atoms with van der Waals surface area (Å²) in [7, 11) is 0. The number of halogens is 1. The van der Waals surface area contributed by atoms with Crippen LogP contribution in [0.25, 0.3) is 0 Å². The van der Waals surface area contributed by atoms with E-state index in [0.717, 1.165) is 21.3 Å². The first-order chi connectivity index (χ1) is 7.69. The molecular formula is C13H19BrN2O. The summed E-state index contributed by atoms with van der Waals surface area (Å²) in [5, 5.41) is 5.77. The number of amides is 2. The Kier molecular flexibility index (Phi) is 4.20.